The zero-order valence-electron chi connectivity index (χ0n) is 12.2. The summed E-state index contributed by atoms with van der Waals surface area (Å²) in [6.07, 6.45) is 2.33. The molecule has 21 heavy (non-hydrogen) atoms. The highest BCUT2D eigenvalue weighted by atomic mass is 32.2. The fraction of sp³-hybridized carbons (Fsp3) is 0.846. The van der Waals surface area contributed by atoms with Crippen LogP contribution in [0.3, 0.4) is 0 Å². The molecule has 0 aromatic heterocycles. The Morgan fingerprint density at radius 3 is 2.43 bits per heavy atom. The summed E-state index contributed by atoms with van der Waals surface area (Å²) < 4.78 is 23.2. The average Bonchev–Trinajstić information content (AvgIpc) is 3.03. The van der Waals surface area contributed by atoms with Crippen LogP contribution in [-0.2, 0) is 19.4 Å². The van der Waals surface area contributed by atoms with Crippen LogP contribution in [0.15, 0.2) is 0 Å². The van der Waals surface area contributed by atoms with E-state index in [1.54, 1.807) is 11.8 Å². The van der Waals surface area contributed by atoms with E-state index in [-0.39, 0.29) is 30.0 Å². The van der Waals surface area contributed by atoms with Gasteiger partial charge in [-0.05, 0) is 26.2 Å². The number of carboxylic acids is 1. The van der Waals surface area contributed by atoms with E-state index in [2.05, 4.69) is 0 Å². The minimum atomic E-state index is -3.11. The van der Waals surface area contributed by atoms with E-state index in [0.29, 0.717) is 19.5 Å². The van der Waals surface area contributed by atoms with Crippen LogP contribution < -0.4 is 0 Å². The molecule has 2 atom stereocenters. The number of hydrogen-bond acceptors (Lipinski definition) is 5. The highest BCUT2D eigenvalue weighted by molar-refractivity contribution is 7.91. The maximum atomic E-state index is 12.4. The Hall–Kier alpha value is -1.15. The number of rotatable bonds is 5. The van der Waals surface area contributed by atoms with Gasteiger partial charge in [0, 0.05) is 19.1 Å². The maximum absolute atomic E-state index is 12.4. The molecule has 2 aliphatic rings. The Labute approximate surface area is 124 Å². The number of carbonyl (C=O) groups is 2. The summed E-state index contributed by atoms with van der Waals surface area (Å²) in [6.45, 7) is 2.77. The van der Waals surface area contributed by atoms with Crippen molar-refractivity contribution >= 4 is 21.7 Å². The van der Waals surface area contributed by atoms with Crippen LogP contribution in [0.5, 0.6) is 0 Å². The molecule has 2 aliphatic heterocycles. The fourth-order valence-corrected chi connectivity index (χ4v) is 4.86. The van der Waals surface area contributed by atoms with Gasteiger partial charge in [-0.2, -0.15) is 0 Å². The molecule has 2 rings (SSSR count). The number of amides is 1. The van der Waals surface area contributed by atoms with Crippen LogP contribution >= 0.6 is 0 Å². The van der Waals surface area contributed by atoms with Gasteiger partial charge in [-0.1, -0.05) is 0 Å². The van der Waals surface area contributed by atoms with E-state index in [1.807, 2.05) is 0 Å². The number of carbonyl (C=O) groups excluding carboxylic acids is 1. The summed E-state index contributed by atoms with van der Waals surface area (Å²) in [6, 6.07) is -0.981. The second kappa shape index (κ2) is 6.31. The molecule has 1 N–H and O–H groups in total. The number of aliphatic carboxylic acids is 1. The molecule has 0 aromatic carbocycles. The van der Waals surface area contributed by atoms with Crippen LogP contribution in [0.4, 0.5) is 0 Å². The SMILES string of the molecule is CC(C(=O)N1CCCC1)N(CC(=O)O)C1CCS(=O)(=O)C1. The molecule has 0 aliphatic carbocycles. The largest absolute Gasteiger partial charge is 0.480 e. The molecular formula is C13H22N2O5S. The zero-order chi connectivity index (χ0) is 15.6. The van der Waals surface area contributed by atoms with E-state index >= 15 is 0 Å². The second-order valence-electron chi connectivity index (χ2n) is 5.83. The highest BCUT2D eigenvalue weighted by Crippen LogP contribution is 2.21. The average molecular weight is 318 g/mol. The van der Waals surface area contributed by atoms with Crippen molar-refractivity contribution in [2.45, 2.75) is 38.3 Å². The molecule has 0 spiro atoms. The first-order valence-electron chi connectivity index (χ1n) is 7.27. The Morgan fingerprint density at radius 2 is 1.95 bits per heavy atom. The lowest BCUT2D eigenvalue weighted by atomic mass is 10.1. The summed E-state index contributed by atoms with van der Waals surface area (Å²) >= 11 is 0. The first kappa shape index (κ1) is 16.2. The molecule has 7 nitrogen and oxygen atoms in total. The normalized spacial score (nSPS) is 26.2. The van der Waals surface area contributed by atoms with Gasteiger partial charge < -0.3 is 10.0 Å². The van der Waals surface area contributed by atoms with Crippen LogP contribution in [0, 0.1) is 0 Å². The van der Waals surface area contributed by atoms with Gasteiger partial charge in [0.2, 0.25) is 5.91 Å². The third-order valence-electron chi connectivity index (χ3n) is 4.27. The Kier molecular flexibility index (Phi) is 4.88. The number of carboxylic acid groups (broad SMARTS) is 1. The first-order valence-corrected chi connectivity index (χ1v) is 9.09. The molecule has 0 aromatic rings. The predicted molar refractivity (Wildman–Crippen MR) is 76.7 cm³/mol. The van der Waals surface area contributed by atoms with Gasteiger partial charge >= 0.3 is 5.97 Å². The van der Waals surface area contributed by atoms with E-state index in [0.717, 1.165) is 12.8 Å². The van der Waals surface area contributed by atoms with Gasteiger partial charge in [0.25, 0.3) is 0 Å². The van der Waals surface area contributed by atoms with Gasteiger partial charge in [-0.25, -0.2) is 8.42 Å². The summed E-state index contributed by atoms with van der Waals surface area (Å²) in [5.41, 5.74) is 0. The first-order chi connectivity index (χ1) is 9.80. The summed E-state index contributed by atoms with van der Waals surface area (Å²) in [5.74, 6) is -1.13. The van der Waals surface area contributed by atoms with Crippen molar-refractivity contribution in [2.24, 2.45) is 0 Å². The Morgan fingerprint density at radius 1 is 1.33 bits per heavy atom. The van der Waals surface area contributed by atoms with Crippen molar-refractivity contribution in [3.05, 3.63) is 0 Å². The molecule has 120 valence electrons. The molecule has 8 heteroatoms. The van der Waals surface area contributed by atoms with Gasteiger partial charge in [-0.3, -0.25) is 14.5 Å². The quantitative estimate of drug-likeness (QED) is 0.739. The standard InChI is InChI=1S/C13H22N2O5S/c1-10(13(18)14-5-2-3-6-14)15(8-12(16)17)11-4-7-21(19,20)9-11/h10-11H,2-9H2,1H3,(H,16,17). The third kappa shape index (κ3) is 3.94. The zero-order valence-corrected chi connectivity index (χ0v) is 13.0. The second-order valence-corrected chi connectivity index (χ2v) is 8.06. The molecule has 2 unspecified atom stereocenters. The Balaban J connectivity index is 2.11. The minimum absolute atomic E-state index is 0.0576. The van der Waals surface area contributed by atoms with Crippen LogP contribution in [0.2, 0.25) is 0 Å². The number of likely N-dealkylation sites (tertiary alicyclic amines) is 1. The summed E-state index contributed by atoms with van der Waals surface area (Å²) in [5, 5.41) is 9.05. The molecule has 1 amide bonds. The predicted octanol–water partition coefficient (Wildman–Crippen LogP) is -0.429. The lowest BCUT2D eigenvalue weighted by Gasteiger charge is -2.33. The van der Waals surface area contributed by atoms with Gasteiger partial charge in [0.15, 0.2) is 9.84 Å². The third-order valence-corrected chi connectivity index (χ3v) is 6.02. The van der Waals surface area contributed by atoms with Gasteiger partial charge in [-0.15, -0.1) is 0 Å². The molecule has 2 fully saturated rings. The highest BCUT2D eigenvalue weighted by Gasteiger charge is 2.38. The maximum Gasteiger partial charge on any atom is 0.317 e. The van der Waals surface area contributed by atoms with Crippen molar-refractivity contribution in [2.75, 3.05) is 31.1 Å². The van der Waals surface area contributed by atoms with Crippen LogP contribution in [0.1, 0.15) is 26.2 Å². The minimum Gasteiger partial charge on any atom is -0.480 e. The number of nitrogens with zero attached hydrogens (tertiary/aromatic N) is 2. The monoisotopic (exact) mass is 318 g/mol. The van der Waals surface area contributed by atoms with E-state index in [9.17, 15) is 18.0 Å². The van der Waals surface area contributed by atoms with E-state index in [1.165, 1.54) is 4.90 Å². The van der Waals surface area contributed by atoms with Crippen molar-refractivity contribution in [1.29, 1.82) is 0 Å². The lowest BCUT2D eigenvalue weighted by molar-refractivity contribution is -0.143. The lowest BCUT2D eigenvalue weighted by Crippen LogP contribution is -2.52. The fourth-order valence-electron chi connectivity index (χ4n) is 3.12. The van der Waals surface area contributed by atoms with Crippen molar-refractivity contribution < 1.29 is 23.1 Å². The molecule has 0 saturated carbocycles. The van der Waals surface area contributed by atoms with E-state index < -0.39 is 21.8 Å². The molecule has 0 radical (unpaired) electrons. The Bertz CT molecular complexity index is 513. The molecule has 0 bridgehead atoms. The molecule has 2 saturated heterocycles. The molecule has 2 heterocycles. The van der Waals surface area contributed by atoms with Crippen LogP contribution in [0.25, 0.3) is 0 Å². The van der Waals surface area contributed by atoms with Crippen molar-refractivity contribution in [3.63, 3.8) is 0 Å². The molecular weight excluding hydrogens is 296 g/mol. The van der Waals surface area contributed by atoms with E-state index in [4.69, 9.17) is 5.11 Å². The van der Waals surface area contributed by atoms with Crippen molar-refractivity contribution in [3.8, 4) is 0 Å². The number of hydrogen-bond donors (Lipinski definition) is 1. The number of sulfone groups is 1. The topological polar surface area (TPSA) is 95.0 Å². The summed E-state index contributed by atoms with van der Waals surface area (Å²) in [7, 11) is -3.11. The smallest absolute Gasteiger partial charge is 0.317 e. The van der Waals surface area contributed by atoms with Gasteiger partial charge in [0.1, 0.15) is 0 Å². The van der Waals surface area contributed by atoms with Gasteiger partial charge in [0.05, 0.1) is 24.1 Å². The van der Waals surface area contributed by atoms with Crippen LogP contribution in [-0.4, -0.2) is 78.4 Å². The summed E-state index contributed by atoms with van der Waals surface area (Å²) in [4.78, 5) is 26.8. The van der Waals surface area contributed by atoms with Crippen molar-refractivity contribution in [1.82, 2.24) is 9.80 Å².